The Labute approximate surface area is 165 Å². The molecule has 3 rings (SSSR count). The number of amides is 1. The molecule has 3 N–H and O–H groups in total. The van der Waals surface area contributed by atoms with Gasteiger partial charge in [0.25, 0.3) is 5.91 Å². The lowest BCUT2D eigenvalue weighted by Crippen LogP contribution is -2.22. The summed E-state index contributed by atoms with van der Waals surface area (Å²) < 4.78 is 37.1. The topological polar surface area (TPSA) is 139 Å². The maximum absolute atomic E-state index is 13.0. The van der Waals surface area contributed by atoms with Crippen molar-refractivity contribution >= 4 is 38.9 Å². The van der Waals surface area contributed by atoms with E-state index in [1.807, 2.05) is 0 Å². The molecule has 0 aliphatic carbocycles. The number of carbonyl (C=O) groups excluding carboxylic acids is 1. The molecule has 29 heavy (non-hydrogen) atoms. The van der Waals surface area contributed by atoms with E-state index in [9.17, 15) is 17.6 Å². The van der Waals surface area contributed by atoms with Gasteiger partial charge in [0.1, 0.15) is 22.3 Å². The number of halogens is 1. The predicted octanol–water partition coefficient (Wildman–Crippen LogP) is 1.66. The third-order valence-corrected chi connectivity index (χ3v) is 4.77. The molecular formula is C17H16FN7O3S. The largest absolute Gasteiger partial charge is 0.354 e. The normalized spacial score (nSPS) is 11.0. The highest BCUT2D eigenvalue weighted by molar-refractivity contribution is 7.90. The fourth-order valence-electron chi connectivity index (χ4n) is 2.33. The maximum Gasteiger partial charge on any atom is 0.273 e. The van der Waals surface area contributed by atoms with Crippen molar-refractivity contribution < 1.29 is 17.6 Å². The summed E-state index contributed by atoms with van der Waals surface area (Å²) in [5.41, 5.74) is 0.0859. The number of hydrogen-bond acceptors (Lipinski definition) is 9. The molecule has 0 saturated carbocycles. The van der Waals surface area contributed by atoms with Crippen LogP contribution in [0.25, 0.3) is 0 Å². The van der Waals surface area contributed by atoms with E-state index in [0.29, 0.717) is 5.82 Å². The number of hydrogen-bond donors (Lipinski definition) is 3. The Hall–Kier alpha value is -3.67. The Kier molecular flexibility index (Phi) is 5.64. The van der Waals surface area contributed by atoms with Crippen LogP contribution in [-0.2, 0) is 9.84 Å². The summed E-state index contributed by atoms with van der Waals surface area (Å²) in [6.45, 7) is 0. The lowest BCUT2D eigenvalue weighted by atomic mass is 10.3. The molecule has 0 aliphatic heterocycles. The minimum atomic E-state index is -3.58. The number of carbonyl (C=O) groups is 1. The molecule has 0 spiro atoms. The third kappa shape index (κ3) is 4.79. The van der Waals surface area contributed by atoms with Crippen LogP contribution in [0.2, 0.25) is 0 Å². The fourth-order valence-corrected chi connectivity index (χ4v) is 3.11. The Morgan fingerprint density at radius 1 is 1.07 bits per heavy atom. The molecule has 0 aromatic carbocycles. The lowest BCUT2D eigenvalue weighted by Gasteiger charge is -2.13. The summed E-state index contributed by atoms with van der Waals surface area (Å²) in [4.78, 5) is 20.0. The van der Waals surface area contributed by atoms with E-state index in [1.54, 1.807) is 0 Å². The Morgan fingerprint density at radius 3 is 2.52 bits per heavy atom. The number of aromatic nitrogens is 4. The number of anilines is 4. The van der Waals surface area contributed by atoms with E-state index >= 15 is 0 Å². The van der Waals surface area contributed by atoms with Gasteiger partial charge in [-0.2, -0.15) is 0 Å². The highest BCUT2D eigenvalue weighted by Gasteiger charge is 2.19. The van der Waals surface area contributed by atoms with Crippen LogP contribution in [0.5, 0.6) is 0 Å². The summed E-state index contributed by atoms with van der Waals surface area (Å²) >= 11 is 0. The quantitative estimate of drug-likeness (QED) is 0.546. The molecule has 3 aromatic rings. The van der Waals surface area contributed by atoms with Gasteiger partial charge in [0, 0.05) is 25.6 Å². The summed E-state index contributed by atoms with van der Waals surface area (Å²) in [6.07, 6.45) is 3.49. The van der Waals surface area contributed by atoms with Crippen molar-refractivity contribution in [2.75, 3.05) is 23.9 Å². The number of pyridine rings is 2. The van der Waals surface area contributed by atoms with E-state index in [0.717, 1.165) is 12.5 Å². The van der Waals surface area contributed by atoms with Crippen molar-refractivity contribution in [3.63, 3.8) is 0 Å². The molecule has 0 saturated heterocycles. The second kappa shape index (κ2) is 8.14. The molecule has 0 atom stereocenters. The molecule has 12 heteroatoms. The molecule has 1 amide bonds. The molecule has 0 aliphatic rings. The van der Waals surface area contributed by atoms with Crippen LogP contribution in [-0.4, -0.2) is 47.8 Å². The molecule has 0 unspecified atom stereocenters. The zero-order valence-corrected chi connectivity index (χ0v) is 16.2. The highest BCUT2D eigenvalue weighted by Crippen LogP contribution is 2.26. The molecule has 10 nitrogen and oxygen atoms in total. The second-order valence-corrected chi connectivity index (χ2v) is 7.79. The van der Waals surface area contributed by atoms with Crippen LogP contribution >= 0.6 is 0 Å². The minimum absolute atomic E-state index is 0.0269. The van der Waals surface area contributed by atoms with Gasteiger partial charge in [-0.25, -0.2) is 22.8 Å². The zero-order valence-electron chi connectivity index (χ0n) is 15.3. The smallest absolute Gasteiger partial charge is 0.273 e. The maximum atomic E-state index is 13.0. The highest BCUT2D eigenvalue weighted by atomic mass is 32.2. The van der Waals surface area contributed by atoms with E-state index in [-0.39, 0.29) is 27.9 Å². The Morgan fingerprint density at radius 2 is 1.86 bits per heavy atom. The van der Waals surface area contributed by atoms with Gasteiger partial charge in [-0.15, -0.1) is 10.2 Å². The van der Waals surface area contributed by atoms with Crippen molar-refractivity contribution in [2.24, 2.45) is 0 Å². The van der Waals surface area contributed by atoms with Gasteiger partial charge in [-0.05, 0) is 24.3 Å². The van der Waals surface area contributed by atoms with Crippen molar-refractivity contribution in [1.82, 2.24) is 25.5 Å². The third-order valence-electron chi connectivity index (χ3n) is 3.64. The monoisotopic (exact) mass is 417 g/mol. The van der Waals surface area contributed by atoms with E-state index < -0.39 is 21.6 Å². The zero-order chi connectivity index (χ0) is 21.0. The van der Waals surface area contributed by atoms with Crippen LogP contribution in [0.1, 0.15) is 10.5 Å². The van der Waals surface area contributed by atoms with Crippen LogP contribution in [0.15, 0.2) is 47.6 Å². The number of nitrogens with zero attached hydrogens (tertiary/aromatic N) is 4. The summed E-state index contributed by atoms with van der Waals surface area (Å²) in [5.74, 6) is -0.519. The SMILES string of the molecule is CNC(=O)c1nnc(Nc2ccc(F)cn2)cc1Nc1ncccc1S(C)(=O)=O. The second-order valence-electron chi connectivity index (χ2n) is 5.80. The van der Waals surface area contributed by atoms with E-state index in [1.165, 1.54) is 43.6 Å². The van der Waals surface area contributed by atoms with Crippen LogP contribution in [0, 0.1) is 5.82 Å². The average Bonchev–Trinajstić information content (AvgIpc) is 2.69. The molecule has 3 heterocycles. The van der Waals surface area contributed by atoms with Gasteiger partial charge in [0.2, 0.25) is 0 Å². The summed E-state index contributed by atoms with van der Waals surface area (Å²) in [7, 11) is -2.16. The average molecular weight is 417 g/mol. The molecule has 0 radical (unpaired) electrons. The van der Waals surface area contributed by atoms with Gasteiger partial charge < -0.3 is 16.0 Å². The first-order valence-corrected chi connectivity index (χ1v) is 10.1. The number of nitrogens with one attached hydrogen (secondary N) is 3. The van der Waals surface area contributed by atoms with Crippen molar-refractivity contribution in [3.8, 4) is 0 Å². The molecule has 0 bridgehead atoms. The standard InChI is InChI=1S/C17H16FN7O3S/c1-19-17(26)15-11(22-16-12(29(2,27)28)4-3-7-20-16)8-14(24-25-15)23-13-6-5-10(18)9-21-13/h3-9H,1-2H3,(H,19,26)(H2,20,21,22,23,24). The first-order chi connectivity index (χ1) is 13.8. The fraction of sp³-hybridized carbons (Fsp3) is 0.118. The van der Waals surface area contributed by atoms with Gasteiger partial charge in [-0.1, -0.05) is 0 Å². The van der Waals surface area contributed by atoms with Crippen molar-refractivity contribution in [3.05, 3.63) is 54.2 Å². The first-order valence-electron chi connectivity index (χ1n) is 8.18. The minimum Gasteiger partial charge on any atom is -0.354 e. The van der Waals surface area contributed by atoms with Crippen molar-refractivity contribution in [1.29, 1.82) is 0 Å². The van der Waals surface area contributed by atoms with Crippen LogP contribution in [0.3, 0.4) is 0 Å². The number of sulfone groups is 1. The summed E-state index contributed by atoms with van der Waals surface area (Å²) in [5, 5.41) is 15.9. The van der Waals surface area contributed by atoms with Gasteiger partial charge >= 0.3 is 0 Å². The molecule has 3 aromatic heterocycles. The van der Waals surface area contributed by atoms with Gasteiger partial charge in [-0.3, -0.25) is 4.79 Å². The van der Waals surface area contributed by atoms with Crippen molar-refractivity contribution in [2.45, 2.75) is 4.90 Å². The Bertz CT molecular complexity index is 1150. The van der Waals surface area contributed by atoms with Crippen LogP contribution in [0.4, 0.5) is 27.5 Å². The first kappa shape index (κ1) is 20.1. The molecule has 150 valence electrons. The van der Waals surface area contributed by atoms with E-state index in [2.05, 4.69) is 36.1 Å². The van der Waals surface area contributed by atoms with Gasteiger partial charge in [0.15, 0.2) is 21.3 Å². The molecule has 0 fully saturated rings. The predicted molar refractivity (Wildman–Crippen MR) is 104 cm³/mol. The van der Waals surface area contributed by atoms with Crippen LogP contribution < -0.4 is 16.0 Å². The van der Waals surface area contributed by atoms with E-state index in [4.69, 9.17) is 0 Å². The lowest BCUT2D eigenvalue weighted by molar-refractivity contribution is 0.0958. The number of rotatable bonds is 6. The Balaban J connectivity index is 2.01. The molecular weight excluding hydrogens is 401 g/mol. The summed E-state index contributed by atoms with van der Waals surface area (Å²) in [6, 6.07) is 6.92. The van der Waals surface area contributed by atoms with Gasteiger partial charge in [0.05, 0.1) is 11.9 Å².